The Kier molecular flexibility index (Phi) is 4.00. The fourth-order valence-corrected chi connectivity index (χ4v) is 3.66. The molecule has 0 aliphatic heterocycles. The van der Waals surface area contributed by atoms with Crippen LogP contribution in [0.25, 0.3) is 10.8 Å². The van der Waals surface area contributed by atoms with Crippen molar-refractivity contribution in [1.29, 1.82) is 0 Å². The fourth-order valence-electron chi connectivity index (χ4n) is 3.66. The number of fused-ring (bicyclic) bond motifs is 1. The highest BCUT2D eigenvalue weighted by molar-refractivity contribution is 5.98. The summed E-state index contributed by atoms with van der Waals surface area (Å²) in [7, 11) is 0. The number of benzene rings is 1. The molecule has 1 saturated carbocycles. The lowest BCUT2D eigenvalue weighted by Crippen LogP contribution is -2.35. The molecule has 2 atom stereocenters. The maximum absolute atomic E-state index is 6.37. The van der Waals surface area contributed by atoms with Gasteiger partial charge < -0.3 is 11.1 Å². The van der Waals surface area contributed by atoms with Crippen molar-refractivity contribution in [2.24, 2.45) is 11.8 Å². The summed E-state index contributed by atoms with van der Waals surface area (Å²) in [5, 5.41) is 5.92. The number of nitrogens with zero attached hydrogens (tertiary/aromatic N) is 1. The zero-order chi connectivity index (χ0) is 14.8. The van der Waals surface area contributed by atoms with E-state index in [-0.39, 0.29) is 0 Å². The van der Waals surface area contributed by atoms with Crippen molar-refractivity contribution < 1.29 is 0 Å². The highest BCUT2D eigenvalue weighted by Crippen LogP contribution is 2.35. The van der Waals surface area contributed by atoms with Crippen LogP contribution in [0.5, 0.6) is 0 Å². The number of nitrogen functional groups attached to an aromatic ring is 1. The molecule has 1 aromatic heterocycles. The van der Waals surface area contributed by atoms with Crippen LogP contribution in [0.3, 0.4) is 0 Å². The molecule has 3 nitrogen and oxygen atoms in total. The third-order valence-electron chi connectivity index (χ3n) is 4.88. The Morgan fingerprint density at radius 3 is 2.81 bits per heavy atom. The van der Waals surface area contributed by atoms with Crippen LogP contribution in [0.1, 0.15) is 39.5 Å². The first-order valence-electron chi connectivity index (χ1n) is 8.05. The van der Waals surface area contributed by atoms with E-state index in [4.69, 9.17) is 5.73 Å². The van der Waals surface area contributed by atoms with Gasteiger partial charge in [0.25, 0.3) is 0 Å². The molecule has 0 amide bonds. The quantitative estimate of drug-likeness (QED) is 0.819. The summed E-state index contributed by atoms with van der Waals surface area (Å²) in [6.45, 7) is 4.67. The van der Waals surface area contributed by atoms with Gasteiger partial charge in [0.05, 0.1) is 11.4 Å². The van der Waals surface area contributed by atoms with Gasteiger partial charge in [-0.05, 0) is 36.8 Å². The smallest absolute Gasteiger partial charge is 0.0630 e. The zero-order valence-corrected chi connectivity index (χ0v) is 13.0. The standard InChI is InChI=1S/C18H25N3/c1-12(2)14-5-3-4-6-16(14)21-17-8-7-13-11-20-10-9-15(13)18(17)19/h7-12,14,16,21H,3-6,19H2,1-2H3. The van der Waals surface area contributed by atoms with Crippen LogP contribution in [0.15, 0.2) is 30.6 Å². The molecule has 0 saturated heterocycles. The largest absolute Gasteiger partial charge is 0.397 e. The highest BCUT2D eigenvalue weighted by atomic mass is 14.9. The molecule has 1 aliphatic carbocycles. The summed E-state index contributed by atoms with van der Waals surface area (Å²) in [6, 6.07) is 6.75. The number of hydrogen-bond acceptors (Lipinski definition) is 3. The zero-order valence-electron chi connectivity index (χ0n) is 13.0. The van der Waals surface area contributed by atoms with Crippen molar-refractivity contribution >= 4 is 22.1 Å². The van der Waals surface area contributed by atoms with E-state index in [1.54, 1.807) is 6.20 Å². The van der Waals surface area contributed by atoms with Crippen LogP contribution in [-0.4, -0.2) is 11.0 Å². The van der Waals surface area contributed by atoms with E-state index in [9.17, 15) is 0 Å². The molecule has 3 N–H and O–H groups in total. The molecule has 112 valence electrons. The first-order chi connectivity index (χ1) is 10.2. The van der Waals surface area contributed by atoms with Gasteiger partial charge >= 0.3 is 0 Å². The second-order valence-electron chi connectivity index (χ2n) is 6.57. The van der Waals surface area contributed by atoms with Gasteiger partial charge in [0.1, 0.15) is 0 Å². The average Bonchev–Trinajstić information content (AvgIpc) is 2.51. The molecule has 0 radical (unpaired) electrons. The van der Waals surface area contributed by atoms with Gasteiger partial charge in [0.15, 0.2) is 0 Å². The highest BCUT2D eigenvalue weighted by Gasteiger charge is 2.27. The number of anilines is 2. The third kappa shape index (κ3) is 2.82. The van der Waals surface area contributed by atoms with Crippen molar-refractivity contribution in [3.8, 4) is 0 Å². The normalized spacial score (nSPS) is 22.6. The van der Waals surface area contributed by atoms with Crippen LogP contribution in [-0.2, 0) is 0 Å². The molecule has 2 aromatic rings. The molecule has 1 heterocycles. The van der Waals surface area contributed by atoms with E-state index in [0.717, 1.165) is 28.1 Å². The van der Waals surface area contributed by atoms with Gasteiger partial charge in [-0.2, -0.15) is 0 Å². The molecular formula is C18H25N3. The summed E-state index contributed by atoms with van der Waals surface area (Å²) >= 11 is 0. The Bertz CT molecular complexity index is 621. The monoisotopic (exact) mass is 283 g/mol. The van der Waals surface area contributed by atoms with Crippen LogP contribution in [0.2, 0.25) is 0 Å². The predicted octanol–water partition coefficient (Wildman–Crippen LogP) is 4.44. The number of aromatic nitrogens is 1. The SMILES string of the molecule is CC(C)C1CCCCC1Nc1ccc2cnccc2c1N. The summed E-state index contributed by atoms with van der Waals surface area (Å²) < 4.78 is 0. The lowest BCUT2D eigenvalue weighted by molar-refractivity contribution is 0.254. The van der Waals surface area contributed by atoms with Gasteiger partial charge in [-0.15, -0.1) is 0 Å². The van der Waals surface area contributed by atoms with Crippen molar-refractivity contribution in [2.75, 3.05) is 11.1 Å². The van der Waals surface area contributed by atoms with E-state index < -0.39 is 0 Å². The molecule has 21 heavy (non-hydrogen) atoms. The number of rotatable bonds is 3. The Hall–Kier alpha value is -1.77. The van der Waals surface area contributed by atoms with Crippen LogP contribution >= 0.6 is 0 Å². The van der Waals surface area contributed by atoms with Crippen LogP contribution in [0, 0.1) is 11.8 Å². The van der Waals surface area contributed by atoms with Gasteiger partial charge in [0, 0.05) is 29.2 Å². The number of nitrogens with two attached hydrogens (primary N) is 1. The lowest BCUT2D eigenvalue weighted by atomic mass is 9.77. The van der Waals surface area contributed by atoms with Crippen molar-refractivity contribution in [1.82, 2.24) is 4.98 Å². The molecule has 3 rings (SSSR count). The molecule has 1 aliphatic rings. The van der Waals surface area contributed by atoms with Crippen molar-refractivity contribution in [2.45, 2.75) is 45.6 Å². The van der Waals surface area contributed by atoms with Crippen molar-refractivity contribution in [3.05, 3.63) is 30.6 Å². The van der Waals surface area contributed by atoms with Crippen LogP contribution < -0.4 is 11.1 Å². The molecule has 0 spiro atoms. The minimum Gasteiger partial charge on any atom is -0.397 e. The summed E-state index contributed by atoms with van der Waals surface area (Å²) in [6.07, 6.45) is 8.93. The van der Waals surface area contributed by atoms with Crippen LogP contribution in [0.4, 0.5) is 11.4 Å². The van der Waals surface area contributed by atoms with E-state index >= 15 is 0 Å². The van der Waals surface area contributed by atoms with Gasteiger partial charge in [-0.25, -0.2) is 0 Å². The Morgan fingerprint density at radius 1 is 1.19 bits per heavy atom. The van der Waals surface area contributed by atoms with E-state index in [1.165, 1.54) is 25.7 Å². The molecule has 3 heteroatoms. The molecule has 0 bridgehead atoms. The maximum Gasteiger partial charge on any atom is 0.0630 e. The second-order valence-corrected chi connectivity index (χ2v) is 6.57. The van der Waals surface area contributed by atoms with Crippen molar-refractivity contribution in [3.63, 3.8) is 0 Å². The number of hydrogen-bond donors (Lipinski definition) is 2. The molecule has 1 fully saturated rings. The van der Waals surface area contributed by atoms with Gasteiger partial charge in [-0.3, -0.25) is 4.98 Å². The Morgan fingerprint density at radius 2 is 2.00 bits per heavy atom. The number of pyridine rings is 1. The van der Waals surface area contributed by atoms with E-state index in [1.807, 2.05) is 12.3 Å². The predicted molar refractivity (Wildman–Crippen MR) is 90.4 cm³/mol. The second kappa shape index (κ2) is 5.92. The Labute approximate surface area is 127 Å². The summed E-state index contributed by atoms with van der Waals surface area (Å²) in [5.41, 5.74) is 8.29. The number of nitrogens with one attached hydrogen (secondary N) is 1. The minimum atomic E-state index is 0.542. The maximum atomic E-state index is 6.37. The average molecular weight is 283 g/mol. The van der Waals surface area contributed by atoms with Gasteiger partial charge in [0.2, 0.25) is 0 Å². The first-order valence-corrected chi connectivity index (χ1v) is 8.05. The molecule has 2 unspecified atom stereocenters. The van der Waals surface area contributed by atoms with Gasteiger partial charge in [-0.1, -0.05) is 32.8 Å². The summed E-state index contributed by atoms with van der Waals surface area (Å²) in [5.74, 6) is 1.46. The minimum absolute atomic E-state index is 0.542. The third-order valence-corrected chi connectivity index (χ3v) is 4.88. The van der Waals surface area contributed by atoms with E-state index in [2.05, 4.69) is 36.3 Å². The summed E-state index contributed by atoms with van der Waals surface area (Å²) in [4.78, 5) is 4.16. The topological polar surface area (TPSA) is 50.9 Å². The van der Waals surface area contributed by atoms with E-state index in [0.29, 0.717) is 12.0 Å². The first kappa shape index (κ1) is 14.2. The lowest BCUT2D eigenvalue weighted by Gasteiger charge is -2.36. The fraction of sp³-hybridized carbons (Fsp3) is 0.500. The Balaban J connectivity index is 1.88. The molecule has 1 aromatic carbocycles. The molecular weight excluding hydrogens is 258 g/mol.